The van der Waals surface area contributed by atoms with Crippen LogP contribution in [0.5, 0.6) is 5.75 Å². The summed E-state index contributed by atoms with van der Waals surface area (Å²) < 4.78 is 7.31. The maximum Gasteiger partial charge on any atom is 0.265 e. The Morgan fingerprint density at radius 3 is 2.90 bits per heavy atom. The molecular formula is C21H21N5O3. The van der Waals surface area contributed by atoms with E-state index in [4.69, 9.17) is 4.74 Å². The van der Waals surface area contributed by atoms with Gasteiger partial charge in [0.15, 0.2) is 6.61 Å². The van der Waals surface area contributed by atoms with E-state index in [1.807, 2.05) is 54.1 Å². The Labute approximate surface area is 168 Å². The number of nitrogens with one attached hydrogen (secondary N) is 1. The van der Waals surface area contributed by atoms with Gasteiger partial charge < -0.3 is 15.0 Å². The van der Waals surface area contributed by atoms with Crippen LogP contribution in [0, 0.1) is 6.92 Å². The van der Waals surface area contributed by atoms with Crippen LogP contribution in [0.15, 0.2) is 55.0 Å². The van der Waals surface area contributed by atoms with Gasteiger partial charge in [0.2, 0.25) is 5.91 Å². The Hall–Kier alpha value is -3.68. The molecule has 3 heterocycles. The molecule has 8 heteroatoms. The van der Waals surface area contributed by atoms with Crippen LogP contribution < -0.4 is 15.0 Å². The number of carbonyl (C=O) groups is 2. The van der Waals surface area contributed by atoms with Gasteiger partial charge in [0, 0.05) is 38.1 Å². The maximum atomic E-state index is 12.3. The lowest BCUT2D eigenvalue weighted by Gasteiger charge is -2.29. The van der Waals surface area contributed by atoms with Crippen LogP contribution in [0.4, 0.5) is 5.69 Å². The molecule has 1 aromatic carbocycles. The molecule has 8 nitrogen and oxygen atoms in total. The fourth-order valence-electron chi connectivity index (χ4n) is 3.22. The SMILES string of the molecule is Cc1nccn1-c1cc(CNC(=O)CCN2C(=O)COc3ccccc32)ccn1. The van der Waals surface area contributed by atoms with Crippen molar-refractivity contribution in [2.75, 3.05) is 18.1 Å². The number of aromatic nitrogens is 3. The van der Waals surface area contributed by atoms with Gasteiger partial charge in [0.25, 0.3) is 5.91 Å². The molecule has 1 aliphatic rings. The van der Waals surface area contributed by atoms with Crippen molar-refractivity contribution >= 4 is 17.5 Å². The molecule has 29 heavy (non-hydrogen) atoms. The first-order chi connectivity index (χ1) is 14.1. The number of pyridine rings is 1. The van der Waals surface area contributed by atoms with Crippen molar-refractivity contribution < 1.29 is 14.3 Å². The minimum absolute atomic E-state index is 0.00785. The summed E-state index contributed by atoms with van der Waals surface area (Å²) in [5.41, 5.74) is 1.63. The number of ether oxygens (including phenoxy) is 1. The predicted molar refractivity (Wildman–Crippen MR) is 107 cm³/mol. The summed E-state index contributed by atoms with van der Waals surface area (Å²) >= 11 is 0. The van der Waals surface area contributed by atoms with Crippen molar-refractivity contribution in [2.24, 2.45) is 0 Å². The van der Waals surface area contributed by atoms with E-state index in [0.29, 0.717) is 24.5 Å². The van der Waals surface area contributed by atoms with E-state index in [0.717, 1.165) is 17.2 Å². The van der Waals surface area contributed by atoms with E-state index in [9.17, 15) is 9.59 Å². The third-order valence-corrected chi connectivity index (χ3v) is 4.74. The summed E-state index contributed by atoms with van der Waals surface area (Å²) in [5, 5.41) is 2.90. The standard InChI is InChI=1S/C21H21N5O3/c1-15-22-9-11-25(15)19-12-16(6-8-23-19)13-24-20(27)7-10-26-17-4-2-3-5-18(17)29-14-21(26)28/h2-6,8-9,11-12H,7,10,13-14H2,1H3,(H,24,27). The second-order valence-electron chi connectivity index (χ2n) is 6.70. The molecule has 0 saturated carbocycles. The van der Waals surface area contributed by atoms with Gasteiger partial charge >= 0.3 is 0 Å². The lowest BCUT2D eigenvalue weighted by atomic mass is 10.2. The summed E-state index contributed by atoms with van der Waals surface area (Å²) in [7, 11) is 0. The molecule has 0 unspecified atom stereocenters. The van der Waals surface area contributed by atoms with Crippen molar-refractivity contribution in [1.29, 1.82) is 0 Å². The summed E-state index contributed by atoms with van der Waals surface area (Å²) in [6.07, 6.45) is 5.48. The normalized spacial score (nSPS) is 13.0. The summed E-state index contributed by atoms with van der Waals surface area (Å²) in [6.45, 7) is 2.59. The van der Waals surface area contributed by atoms with Gasteiger partial charge in [0.1, 0.15) is 17.4 Å². The molecule has 148 valence electrons. The molecule has 0 fully saturated rings. The first-order valence-electron chi connectivity index (χ1n) is 9.36. The molecule has 1 aliphatic heterocycles. The second kappa shape index (κ2) is 8.14. The van der Waals surface area contributed by atoms with Crippen LogP contribution in [0.3, 0.4) is 0 Å². The second-order valence-corrected chi connectivity index (χ2v) is 6.70. The van der Waals surface area contributed by atoms with Crippen molar-refractivity contribution in [3.63, 3.8) is 0 Å². The molecule has 0 saturated heterocycles. The number of aryl methyl sites for hydroxylation is 1. The fourth-order valence-corrected chi connectivity index (χ4v) is 3.22. The minimum Gasteiger partial charge on any atom is -0.482 e. The molecule has 0 radical (unpaired) electrons. The molecule has 0 atom stereocenters. The van der Waals surface area contributed by atoms with Gasteiger partial charge in [-0.1, -0.05) is 12.1 Å². The summed E-state index contributed by atoms with van der Waals surface area (Å²) in [5.74, 6) is 1.98. The molecule has 0 bridgehead atoms. The van der Waals surface area contributed by atoms with Crippen molar-refractivity contribution in [1.82, 2.24) is 19.9 Å². The highest BCUT2D eigenvalue weighted by Crippen LogP contribution is 2.31. The van der Waals surface area contributed by atoms with Crippen LogP contribution in [0.2, 0.25) is 0 Å². The Morgan fingerprint density at radius 1 is 1.21 bits per heavy atom. The first kappa shape index (κ1) is 18.7. The van der Waals surface area contributed by atoms with Gasteiger partial charge in [-0.25, -0.2) is 9.97 Å². The third kappa shape index (κ3) is 4.11. The van der Waals surface area contributed by atoms with Crippen LogP contribution in [0.25, 0.3) is 5.82 Å². The van der Waals surface area contributed by atoms with E-state index in [2.05, 4.69) is 15.3 Å². The van der Waals surface area contributed by atoms with E-state index >= 15 is 0 Å². The third-order valence-electron chi connectivity index (χ3n) is 4.74. The highest BCUT2D eigenvalue weighted by atomic mass is 16.5. The van der Waals surface area contributed by atoms with Gasteiger partial charge in [-0.3, -0.25) is 14.2 Å². The molecular weight excluding hydrogens is 370 g/mol. The van der Waals surface area contributed by atoms with Crippen molar-refractivity contribution in [3.8, 4) is 11.6 Å². The average Bonchev–Trinajstić information content (AvgIpc) is 3.17. The van der Waals surface area contributed by atoms with Gasteiger partial charge in [-0.05, 0) is 36.8 Å². The lowest BCUT2D eigenvalue weighted by Crippen LogP contribution is -2.41. The van der Waals surface area contributed by atoms with Gasteiger partial charge in [0.05, 0.1) is 5.69 Å². The van der Waals surface area contributed by atoms with Crippen molar-refractivity contribution in [3.05, 3.63) is 66.4 Å². The highest BCUT2D eigenvalue weighted by molar-refractivity contribution is 5.98. The van der Waals surface area contributed by atoms with Crippen LogP contribution in [-0.2, 0) is 16.1 Å². The van der Waals surface area contributed by atoms with E-state index in [-0.39, 0.29) is 24.8 Å². The first-order valence-corrected chi connectivity index (χ1v) is 9.36. The average molecular weight is 391 g/mol. The van der Waals surface area contributed by atoms with Crippen LogP contribution in [0.1, 0.15) is 17.8 Å². The predicted octanol–water partition coefficient (Wildman–Crippen LogP) is 2.01. The fraction of sp³-hybridized carbons (Fsp3) is 0.238. The van der Waals surface area contributed by atoms with E-state index in [1.54, 1.807) is 17.3 Å². The molecule has 2 amide bonds. The Bertz CT molecular complexity index is 1050. The quantitative estimate of drug-likeness (QED) is 0.694. The number of fused-ring (bicyclic) bond motifs is 1. The number of para-hydroxylation sites is 2. The number of anilines is 1. The number of carbonyl (C=O) groups excluding carboxylic acids is 2. The lowest BCUT2D eigenvalue weighted by molar-refractivity contribution is -0.122. The summed E-state index contributed by atoms with van der Waals surface area (Å²) in [4.78, 5) is 34.7. The number of rotatable bonds is 6. The number of nitrogens with zero attached hydrogens (tertiary/aromatic N) is 4. The number of hydrogen-bond acceptors (Lipinski definition) is 5. The Morgan fingerprint density at radius 2 is 2.07 bits per heavy atom. The zero-order valence-electron chi connectivity index (χ0n) is 16.0. The smallest absolute Gasteiger partial charge is 0.265 e. The van der Waals surface area contributed by atoms with Gasteiger partial charge in [-0.15, -0.1) is 0 Å². The molecule has 1 N–H and O–H groups in total. The Balaban J connectivity index is 1.34. The molecule has 0 aliphatic carbocycles. The van der Waals surface area contributed by atoms with E-state index < -0.39 is 0 Å². The minimum atomic E-state index is -0.147. The number of benzene rings is 1. The molecule has 2 aromatic heterocycles. The molecule has 0 spiro atoms. The summed E-state index contributed by atoms with van der Waals surface area (Å²) in [6, 6.07) is 11.1. The number of hydrogen-bond donors (Lipinski definition) is 1. The van der Waals surface area contributed by atoms with Gasteiger partial charge in [-0.2, -0.15) is 0 Å². The monoisotopic (exact) mass is 391 g/mol. The number of amides is 2. The van der Waals surface area contributed by atoms with E-state index in [1.165, 1.54) is 0 Å². The zero-order valence-corrected chi connectivity index (χ0v) is 16.0. The molecule has 4 rings (SSSR count). The van der Waals surface area contributed by atoms with Crippen LogP contribution in [-0.4, -0.2) is 39.5 Å². The molecule has 3 aromatic rings. The topological polar surface area (TPSA) is 89.4 Å². The van der Waals surface area contributed by atoms with Crippen LogP contribution >= 0.6 is 0 Å². The number of imidazole rings is 1. The zero-order chi connectivity index (χ0) is 20.2. The largest absolute Gasteiger partial charge is 0.482 e. The Kier molecular flexibility index (Phi) is 5.24. The highest BCUT2D eigenvalue weighted by Gasteiger charge is 2.25. The van der Waals surface area contributed by atoms with Crippen molar-refractivity contribution in [2.45, 2.75) is 19.9 Å². The maximum absolute atomic E-state index is 12.3.